The standard InChI is InChI=1S/C22H24N2O4/c1-15-5-6-17(13-23-15)16-9-10-24(21(25)11-16)18-7-8-19(20(12-18)27-4)28-14-22(2,3)26/h5-13,26H,14H2,1-4H3. The SMILES string of the molecule is COc1cc(-n2ccc(-c3ccc(C)nc3)cc2=O)ccc1OCC(C)(C)O. The number of methoxy groups -OCH3 is 1. The number of hydrogen-bond acceptors (Lipinski definition) is 5. The molecule has 0 saturated carbocycles. The first-order valence-corrected chi connectivity index (χ1v) is 8.96. The second-order valence-corrected chi connectivity index (χ2v) is 7.25. The van der Waals surface area contributed by atoms with E-state index in [1.807, 2.05) is 25.1 Å². The fourth-order valence-electron chi connectivity index (χ4n) is 2.69. The lowest BCUT2D eigenvalue weighted by atomic mass is 10.1. The highest BCUT2D eigenvalue weighted by molar-refractivity contribution is 5.62. The number of pyridine rings is 2. The fraction of sp³-hybridized carbons (Fsp3) is 0.273. The molecule has 0 amide bonds. The second-order valence-electron chi connectivity index (χ2n) is 7.25. The van der Waals surface area contributed by atoms with Crippen molar-refractivity contribution in [1.29, 1.82) is 0 Å². The molecule has 0 aliphatic heterocycles. The van der Waals surface area contributed by atoms with Gasteiger partial charge >= 0.3 is 0 Å². The zero-order valence-corrected chi connectivity index (χ0v) is 16.5. The van der Waals surface area contributed by atoms with Crippen LogP contribution in [0.25, 0.3) is 16.8 Å². The van der Waals surface area contributed by atoms with Gasteiger partial charge in [0.15, 0.2) is 11.5 Å². The lowest BCUT2D eigenvalue weighted by molar-refractivity contribution is 0.0276. The zero-order chi connectivity index (χ0) is 20.3. The molecule has 28 heavy (non-hydrogen) atoms. The van der Waals surface area contributed by atoms with Gasteiger partial charge in [0.05, 0.1) is 18.4 Å². The minimum Gasteiger partial charge on any atom is -0.493 e. The summed E-state index contributed by atoms with van der Waals surface area (Å²) >= 11 is 0. The van der Waals surface area contributed by atoms with Crippen molar-refractivity contribution in [3.8, 4) is 28.3 Å². The number of aromatic nitrogens is 2. The highest BCUT2D eigenvalue weighted by Gasteiger charge is 2.16. The lowest BCUT2D eigenvalue weighted by Gasteiger charge is -2.19. The Morgan fingerprint density at radius 1 is 1.07 bits per heavy atom. The molecule has 2 aromatic heterocycles. The van der Waals surface area contributed by atoms with E-state index in [2.05, 4.69) is 4.98 Å². The average Bonchev–Trinajstić information content (AvgIpc) is 2.66. The van der Waals surface area contributed by atoms with E-state index in [1.165, 1.54) is 11.7 Å². The monoisotopic (exact) mass is 380 g/mol. The molecule has 3 aromatic rings. The number of benzene rings is 1. The Kier molecular flexibility index (Phi) is 5.51. The van der Waals surface area contributed by atoms with Gasteiger partial charge in [0.2, 0.25) is 0 Å². The van der Waals surface area contributed by atoms with Gasteiger partial charge in [-0.05, 0) is 50.6 Å². The zero-order valence-electron chi connectivity index (χ0n) is 16.5. The van der Waals surface area contributed by atoms with Crippen LogP contribution in [0.4, 0.5) is 0 Å². The van der Waals surface area contributed by atoms with E-state index in [-0.39, 0.29) is 12.2 Å². The molecule has 0 radical (unpaired) electrons. The molecule has 0 fully saturated rings. The van der Waals surface area contributed by atoms with Crippen LogP contribution < -0.4 is 15.0 Å². The van der Waals surface area contributed by atoms with Crippen molar-refractivity contribution >= 4 is 0 Å². The van der Waals surface area contributed by atoms with E-state index in [9.17, 15) is 9.90 Å². The molecule has 0 saturated heterocycles. The molecule has 0 spiro atoms. The number of aryl methyl sites for hydroxylation is 1. The van der Waals surface area contributed by atoms with Gasteiger partial charge < -0.3 is 14.6 Å². The molecule has 0 aliphatic carbocycles. The summed E-state index contributed by atoms with van der Waals surface area (Å²) in [5.74, 6) is 0.990. The van der Waals surface area contributed by atoms with Gasteiger partial charge in [0.1, 0.15) is 6.61 Å². The van der Waals surface area contributed by atoms with Crippen LogP contribution in [-0.4, -0.2) is 34.0 Å². The summed E-state index contributed by atoms with van der Waals surface area (Å²) in [5, 5.41) is 9.83. The van der Waals surface area contributed by atoms with Crippen molar-refractivity contribution in [1.82, 2.24) is 9.55 Å². The van der Waals surface area contributed by atoms with Crippen molar-refractivity contribution in [2.45, 2.75) is 26.4 Å². The molecule has 0 atom stereocenters. The fourth-order valence-corrected chi connectivity index (χ4v) is 2.69. The van der Waals surface area contributed by atoms with Gasteiger partial charge in [-0.1, -0.05) is 6.07 Å². The first kappa shape index (κ1) is 19.6. The minimum atomic E-state index is -0.957. The quantitative estimate of drug-likeness (QED) is 0.710. The highest BCUT2D eigenvalue weighted by Crippen LogP contribution is 2.30. The molecule has 1 N–H and O–H groups in total. The lowest BCUT2D eigenvalue weighted by Crippen LogP contribution is -2.28. The van der Waals surface area contributed by atoms with Crippen molar-refractivity contribution in [3.05, 3.63) is 70.9 Å². The third-order valence-electron chi connectivity index (χ3n) is 4.17. The highest BCUT2D eigenvalue weighted by atomic mass is 16.5. The second kappa shape index (κ2) is 7.86. The Balaban J connectivity index is 1.91. The van der Waals surface area contributed by atoms with Gasteiger partial charge in [-0.15, -0.1) is 0 Å². The summed E-state index contributed by atoms with van der Waals surface area (Å²) in [6.07, 6.45) is 3.48. The Labute approximate surface area is 164 Å². The van der Waals surface area contributed by atoms with Crippen LogP contribution in [0.2, 0.25) is 0 Å². The largest absolute Gasteiger partial charge is 0.493 e. The minimum absolute atomic E-state index is 0.127. The van der Waals surface area contributed by atoms with Crippen molar-refractivity contribution < 1.29 is 14.6 Å². The molecule has 2 heterocycles. The smallest absolute Gasteiger partial charge is 0.255 e. The Hall–Kier alpha value is -3.12. The normalized spacial score (nSPS) is 11.3. The Bertz CT molecular complexity index is 1020. The number of aliphatic hydroxyl groups is 1. The first-order chi connectivity index (χ1) is 13.3. The number of nitrogens with zero attached hydrogens (tertiary/aromatic N) is 2. The average molecular weight is 380 g/mol. The summed E-state index contributed by atoms with van der Waals surface area (Å²) in [4.78, 5) is 16.9. The Morgan fingerprint density at radius 3 is 2.46 bits per heavy atom. The van der Waals surface area contributed by atoms with Crippen LogP contribution in [0.1, 0.15) is 19.5 Å². The summed E-state index contributed by atoms with van der Waals surface area (Å²) in [6, 6.07) is 12.5. The first-order valence-electron chi connectivity index (χ1n) is 8.96. The maximum absolute atomic E-state index is 12.7. The van der Waals surface area contributed by atoms with Crippen LogP contribution in [0.15, 0.2) is 59.7 Å². The van der Waals surface area contributed by atoms with Crippen LogP contribution in [0.3, 0.4) is 0 Å². The predicted molar refractivity (Wildman–Crippen MR) is 108 cm³/mol. The maximum Gasteiger partial charge on any atom is 0.255 e. The molecule has 0 unspecified atom stereocenters. The van der Waals surface area contributed by atoms with Crippen molar-refractivity contribution in [3.63, 3.8) is 0 Å². The van der Waals surface area contributed by atoms with Crippen LogP contribution in [0, 0.1) is 6.92 Å². The number of rotatable bonds is 6. The molecule has 6 nitrogen and oxygen atoms in total. The van der Waals surface area contributed by atoms with Gasteiger partial charge in [0.25, 0.3) is 5.56 Å². The Morgan fingerprint density at radius 2 is 1.86 bits per heavy atom. The molecule has 3 rings (SSSR count). The predicted octanol–water partition coefficient (Wildman–Crippen LogP) is 3.37. The summed E-state index contributed by atoms with van der Waals surface area (Å²) in [5.41, 5.74) is 2.17. The summed E-state index contributed by atoms with van der Waals surface area (Å²) in [6.45, 7) is 5.38. The van der Waals surface area contributed by atoms with E-state index >= 15 is 0 Å². The molecular weight excluding hydrogens is 356 g/mol. The van der Waals surface area contributed by atoms with Gasteiger partial charge in [0, 0.05) is 35.8 Å². The summed E-state index contributed by atoms with van der Waals surface area (Å²) < 4.78 is 12.6. The van der Waals surface area contributed by atoms with Crippen molar-refractivity contribution in [2.75, 3.05) is 13.7 Å². The topological polar surface area (TPSA) is 73.6 Å². The molecular formula is C22H24N2O4. The summed E-state index contributed by atoms with van der Waals surface area (Å²) in [7, 11) is 1.53. The maximum atomic E-state index is 12.7. The third-order valence-corrected chi connectivity index (χ3v) is 4.17. The van der Waals surface area contributed by atoms with Gasteiger partial charge in [-0.25, -0.2) is 0 Å². The van der Waals surface area contributed by atoms with Gasteiger partial charge in [-0.2, -0.15) is 0 Å². The van der Waals surface area contributed by atoms with Crippen molar-refractivity contribution in [2.24, 2.45) is 0 Å². The van der Waals surface area contributed by atoms with Crippen LogP contribution >= 0.6 is 0 Å². The molecule has 1 aromatic carbocycles. The van der Waals surface area contributed by atoms with Crippen LogP contribution in [-0.2, 0) is 0 Å². The number of hydrogen-bond donors (Lipinski definition) is 1. The third kappa shape index (κ3) is 4.58. The molecule has 6 heteroatoms. The van der Waals surface area contributed by atoms with Gasteiger partial charge in [-0.3, -0.25) is 14.3 Å². The van der Waals surface area contributed by atoms with E-state index < -0.39 is 5.60 Å². The number of ether oxygens (including phenoxy) is 2. The van der Waals surface area contributed by atoms with E-state index in [0.717, 1.165) is 16.8 Å². The van der Waals surface area contributed by atoms with E-state index in [0.29, 0.717) is 17.2 Å². The van der Waals surface area contributed by atoms with E-state index in [1.54, 1.807) is 50.5 Å². The molecule has 0 aliphatic rings. The van der Waals surface area contributed by atoms with Crippen LogP contribution in [0.5, 0.6) is 11.5 Å². The van der Waals surface area contributed by atoms with E-state index in [4.69, 9.17) is 9.47 Å². The molecule has 0 bridgehead atoms. The molecule has 146 valence electrons.